The molecule has 0 aromatic carbocycles. The highest BCUT2D eigenvalue weighted by atomic mass is 35.5. The summed E-state index contributed by atoms with van der Waals surface area (Å²) in [5.41, 5.74) is -1.65. The van der Waals surface area contributed by atoms with Crippen LogP contribution in [0, 0.1) is 0 Å². The van der Waals surface area contributed by atoms with Gasteiger partial charge in [-0.3, -0.25) is 4.68 Å². The van der Waals surface area contributed by atoms with Crippen LogP contribution in [0.1, 0.15) is 26.3 Å². The number of hydrogen-bond donors (Lipinski definition) is 3. The van der Waals surface area contributed by atoms with Gasteiger partial charge in [-0.2, -0.15) is 23.3 Å². The number of nitrogens with zero attached hydrogens (tertiary/aromatic N) is 4. The van der Waals surface area contributed by atoms with E-state index in [2.05, 4.69) is 25.7 Å². The molecule has 0 atom stereocenters. The quantitative estimate of drug-likeness (QED) is 0.715. The van der Waals surface area contributed by atoms with Crippen molar-refractivity contribution in [1.82, 2.24) is 19.7 Å². The van der Waals surface area contributed by atoms with Gasteiger partial charge >= 0.3 is 6.18 Å². The first kappa shape index (κ1) is 19.3. The average molecular weight is 379 g/mol. The van der Waals surface area contributed by atoms with Crippen LogP contribution in [0.4, 0.5) is 30.6 Å². The number of hydrogen-bond acceptors (Lipinski definition) is 6. The minimum absolute atomic E-state index is 0.0614. The predicted molar refractivity (Wildman–Crippen MR) is 88.0 cm³/mol. The minimum atomic E-state index is -4.56. The molecular formula is C14H18ClF3N6O. The molecule has 0 aliphatic carbocycles. The van der Waals surface area contributed by atoms with Gasteiger partial charge in [-0.05, 0) is 20.8 Å². The number of alkyl halides is 3. The first-order valence-corrected chi connectivity index (χ1v) is 7.78. The second-order valence-corrected chi connectivity index (χ2v) is 6.31. The Morgan fingerprint density at radius 2 is 2.00 bits per heavy atom. The summed E-state index contributed by atoms with van der Waals surface area (Å²) in [4.78, 5) is 7.53. The fraction of sp³-hybridized carbons (Fsp3) is 0.500. The molecule has 7 nitrogen and oxygen atoms in total. The van der Waals surface area contributed by atoms with E-state index in [1.807, 2.05) is 0 Å². The van der Waals surface area contributed by atoms with Gasteiger partial charge in [0.2, 0.25) is 5.95 Å². The van der Waals surface area contributed by atoms with Crippen LogP contribution in [0.3, 0.4) is 0 Å². The van der Waals surface area contributed by atoms with Gasteiger partial charge in [0.15, 0.2) is 5.15 Å². The summed E-state index contributed by atoms with van der Waals surface area (Å²) in [5, 5.41) is 19.2. The van der Waals surface area contributed by atoms with Crippen molar-refractivity contribution in [2.24, 2.45) is 0 Å². The molecule has 0 fully saturated rings. The lowest BCUT2D eigenvalue weighted by atomic mass is 10.1. The molecule has 0 saturated carbocycles. The van der Waals surface area contributed by atoms with E-state index in [1.165, 1.54) is 10.9 Å². The van der Waals surface area contributed by atoms with Crippen molar-refractivity contribution < 1.29 is 18.3 Å². The van der Waals surface area contributed by atoms with E-state index in [4.69, 9.17) is 11.6 Å². The summed E-state index contributed by atoms with van der Waals surface area (Å²) in [6.45, 7) is 5.33. The van der Waals surface area contributed by atoms with Gasteiger partial charge in [0.05, 0.1) is 24.0 Å². The number of anilines is 3. The van der Waals surface area contributed by atoms with Crippen LogP contribution in [0.25, 0.3) is 0 Å². The van der Waals surface area contributed by atoms with Crippen molar-refractivity contribution in [3.8, 4) is 0 Å². The van der Waals surface area contributed by atoms with E-state index in [1.54, 1.807) is 20.8 Å². The normalized spacial score (nSPS) is 12.3. The third-order valence-corrected chi connectivity index (χ3v) is 3.23. The molecule has 2 aromatic heterocycles. The molecule has 0 saturated heterocycles. The highest BCUT2D eigenvalue weighted by Crippen LogP contribution is 2.34. The van der Waals surface area contributed by atoms with Crippen LogP contribution in [-0.2, 0) is 12.7 Å². The molecule has 2 rings (SSSR count). The lowest BCUT2D eigenvalue weighted by Crippen LogP contribution is -2.26. The Hall–Kier alpha value is -2.07. The van der Waals surface area contributed by atoms with E-state index < -0.39 is 17.3 Å². The lowest BCUT2D eigenvalue weighted by molar-refractivity contribution is -0.137. The number of aromatic nitrogens is 4. The SMILES string of the molecule is CCNc1nc(Nc2cn(CC(C)(C)O)nc2Cl)ncc1C(F)(F)F. The average Bonchev–Trinajstić information content (AvgIpc) is 2.75. The van der Waals surface area contributed by atoms with Gasteiger partial charge in [0, 0.05) is 12.7 Å². The minimum Gasteiger partial charge on any atom is -0.389 e. The van der Waals surface area contributed by atoms with Crippen molar-refractivity contribution in [2.75, 3.05) is 17.2 Å². The maximum atomic E-state index is 13.0. The van der Waals surface area contributed by atoms with Crippen LogP contribution in [-0.4, -0.2) is 37.0 Å². The summed E-state index contributed by atoms with van der Waals surface area (Å²) in [7, 11) is 0. The van der Waals surface area contributed by atoms with Gasteiger partial charge in [-0.15, -0.1) is 0 Å². The molecule has 138 valence electrons. The van der Waals surface area contributed by atoms with Gasteiger partial charge in [-0.25, -0.2) is 4.98 Å². The second-order valence-electron chi connectivity index (χ2n) is 5.95. The van der Waals surface area contributed by atoms with Gasteiger partial charge < -0.3 is 15.7 Å². The van der Waals surface area contributed by atoms with Crippen molar-refractivity contribution in [3.05, 3.63) is 23.1 Å². The summed E-state index contributed by atoms with van der Waals surface area (Å²) in [5.74, 6) is -0.388. The molecule has 0 amide bonds. The Balaban J connectivity index is 2.27. The highest BCUT2D eigenvalue weighted by molar-refractivity contribution is 6.32. The van der Waals surface area contributed by atoms with Crippen LogP contribution < -0.4 is 10.6 Å². The van der Waals surface area contributed by atoms with E-state index in [9.17, 15) is 18.3 Å². The van der Waals surface area contributed by atoms with Crippen LogP contribution in [0.2, 0.25) is 5.15 Å². The molecule has 11 heteroatoms. The Bertz CT molecular complexity index is 741. The zero-order chi connectivity index (χ0) is 18.8. The summed E-state index contributed by atoms with van der Waals surface area (Å²) < 4.78 is 40.3. The molecule has 0 spiro atoms. The summed E-state index contributed by atoms with van der Waals surface area (Å²) in [6.07, 6.45) is -2.36. The summed E-state index contributed by atoms with van der Waals surface area (Å²) >= 11 is 6.00. The number of aliphatic hydroxyl groups is 1. The third kappa shape index (κ3) is 5.20. The van der Waals surface area contributed by atoms with Crippen molar-refractivity contribution in [2.45, 2.75) is 39.1 Å². The smallest absolute Gasteiger partial charge is 0.389 e. The van der Waals surface area contributed by atoms with Gasteiger partial charge in [0.1, 0.15) is 11.4 Å². The second kappa shape index (κ2) is 7.04. The lowest BCUT2D eigenvalue weighted by Gasteiger charge is -2.16. The fourth-order valence-electron chi connectivity index (χ4n) is 2.03. The third-order valence-electron chi connectivity index (χ3n) is 2.95. The summed E-state index contributed by atoms with van der Waals surface area (Å²) in [6, 6.07) is 0. The molecule has 0 aliphatic rings. The maximum absolute atomic E-state index is 13.0. The van der Waals surface area contributed by atoms with Crippen molar-refractivity contribution in [1.29, 1.82) is 0 Å². The number of nitrogens with one attached hydrogen (secondary N) is 2. The Morgan fingerprint density at radius 3 is 2.56 bits per heavy atom. The Kier molecular flexibility index (Phi) is 5.43. The largest absolute Gasteiger partial charge is 0.421 e. The molecule has 0 radical (unpaired) electrons. The molecule has 0 bridgehead atoms. The van der Waals surface area contributed by atoms with Gasteiger partial charge in [0.25, 0.3) is 0 Å². The first-order valence-electron chi connectivity index (χ1n) is 7.40. The molecule has 2 heterocycles. The highest BCUT2D eigenvalue weighted by Gasteiger charge is 2.35. The van der Waals surface area contributed by atoms with E-state index in [0.717, 1.165) is 0 Å². The zero-order valence-corrected chi connectivity index (χ0v) is 14.6. The van der Waals surface area contributed by atoms with E-state index in [-0.39, 0.29) is 30.0 Å². The van der Waals surface area contributed by atoms with Crippen LogP contribution >= 0.6 is 11.6 Å². The van der Waals surface area contributed by atoms with Crippen LogP contribution in [0.15, 0.2) is 12.4 Å². The molecule has 3 N–H and O–H groups in total. The van der Waals surface area contributed by atoms with Crippen molar-refractivity contribution in [3.63, 3.8) is 0 Å². The first-order chi connectivity index (χ1) is 11.5. The van der Waals surface area contributed by atoms with Crippen LogP contribution in [0.5, 0.6) is 0 Å². The predicted octanol–water partition coefficient (Wildman–Crippen LogP) is 3.29. The van der Waals surface area contributed by atoms with E-state index in [0.29, 0.717) is 11.9 Å². The molecular weight excluding hydrogens is 361 g/mol. The number of rotatable bonds is 6. The molecule has 25 heavy (non-hydrogen) atoms. The fourth-order valence-corrected chi connectivity index (χ4v) is 2.22. The van der Waals surface area contributed by atoms with Gasteiger partial charge in [-0.1, -0.05) is 11.6 Å². The van der Waals surface area contributed by atoms with E-state index >= 15 is 0 Å². The van der Waals surface area contributed by atoms with Crippen molar-refractivity contribution >= 4 is 29.1 Å². The number of halogens is 4. The Morgan fingerprint density at radius 1 is 1.32 bits per heavy atom. The molecule has 2 aromatic rings. The zero-order valence-electron chi connectivity index (χ0n) is 13.8. The topological polar surface area (TPSA) is 87.9 Å². The maximum Gasteiger partial charge on any atom is 0.421 e. The molecule has 0 unspecified atom stereocenters. The standard InChI is InChI=1S/C14H18ClF3N6O/c1-4-19-11-8(14(16,17)18)5-20-12(22-11)21-9-6-24(23-10(9)15)7-13(2,3)25/h5-6,25H,4,7H2,1-3H3,(H2,19,20,21,22). The monoisotopic (exact) mass is 378 g/mol. The Labute approximate surface area is 147 Å². The molecule has 0 aliphatic heterocycles.